The van der Waals surface area contributed by atoms with Crippen molar-refractivity contribution < 1.29 is 19.1 Å². The molecule has 0 fully saturated rings. The van der Waals surface area contributed by atoms with Gasteiger partial charge < -0.3 is 4.74 Å². The highest BCUT2D eigenvalue weighted by molar-refractivity contribution is 8.01. The number of thioether (sulfide) groups is 1. The van der Waals surface area contributed by atoms with Crippen molar-refractivity contribution in [1.29, 1.82) is 0 Å². The summed E-state index contributed by atoms with van der Waals surface area (Å²) in [5.41, 5.74) is 1.67. The molecule has 0 bridgehead atoms. The van der Waals surface area contributed by atoms with Crippen molar-refractivity contribution in [1.82, 2.24) is 15.1 Å². The molecule has 31 heavy (non-hydrogen) atoms. The fraction of sp³-hybridized carbons (Fsp3) is 0.190. The maximum Gasteiger partial charge on any atom is 0.261 e. The van der Waals surface area contributed by atoms with Gasteiger partial charge in [-0.3, -0.25) is 24.6 Å². The van der Waals surface area contributed by atoms with Crippen LogP contribution >= 0.6 is 23.1 Å². The number of amides is 3. The standard InChI is InChI=1S/C21H18N4O4S2/c1-3-30-21-24-23-20(31-21)22-17(26)15-10-12(8-9-16(15)29-2)11-25-18(27)13-6-4-5-7-14(13)19(25)28/h4-10H,3,11H2,1-2H3,(H,22,23,26). The van der Waals surface area contributed by atoms with Gasteiger partial charge in [0.2, 0.25) is 5.13 Å². The Morgan fingerprint density at radius 3 is 2.48 bits per heavy atom. The number of aromatic nitrogens is 2. The Morgan fingerprint density at radius 1 is 1.13 bits per heavy atom. The van der Waals surface area contributed by atoms with Gasteiger partial charge in [0.05, 0.1) is 30.3 Å². The molecule has 1 N–H and O–H groups in total. The lowest BCUT2D eigenvalue weighted by atomic mass is 10.1. The number of ether oxygens (including phenoxy) is 1. The minimum atomic E-state index is -0.412. The molecule has 8 nitrogen and oxygen atoms in total. The largest absolute Gasteiger partial charge is 0.496 e. The summed E-state index contributed by atoms with van der Waals surface area (Å²) in [5.74, 6) is 0.118. The molecule has 3 amide bonds. The average molecular weight is 455 g/mol. The van der Waals surface area contributed by atoms with Gasteiger partial charge in [-0.25, -0.2) is 0 Å². The quantitative estimate of drug-likeness (QED) is 0.330. The maximum absolute atomic E-state index is 12.9. The predicted octanol–water partition coefficient (Wildman–Crippen LogP) is 3.71. The highest BCUT2D eigenvalue weighted by Gasteiger charge is 2.35. The number of rotatable bonds is 7. The summed E-state index contributed by atoms with van der Waals surface area (Å²) in [5, 5.41) is 11.1. The van der Waals surface area contributed by atoms with Crippen molar-refractivity contribution >= 4 is 46.0 Å². The molecule has 10 heteroatoms. The zero-order chi connectivity index (χ0) is 22.0. The van der Waals surface area contributed by atoms with E-state index in [0.29, 0.717) is 27.6 Å². The summed E-state index contributed by atoms with van der Waals surface area (Å²) in [4.78, 5) is 39.3. The zero-order valence-electron chi connectivity index (χ0n) is 16.7. The molecule has 0 saturated heterocycles. The number of fused-ring (bicyclic) bond motifs is 1. The first-order valence-electron chi connectivity index (χ1n) is 9.41. The van der Waals surface area contributed by atoms with Gasteiger partial charge in [0, 0.05) is 0 Å². The second kappa shape index (κ2) is 8.86. The van der Waals surface area contributed by atoms with Crippen LogP contribution in [-0.4, -0.2) is 45.7 Å². The monoisotopic (exact) mass is 454 g/mol. The number of nitrogens with zero attached hydrogens (tertiary/aromatic N) is 3. The van der Waals surface area contributed by atoms with E-state index in [4.69, 9.17) is 4.74 Å². The fourth-order valence-electron chi connectivity index (χ4n) is 3.20. The summed E-state index contributed by atoms with van der Waals surface area (Å²) < 4.78 is 6.09. The minimum absolute atomic E-state index is 0.0483. The van der Waals surface area contributed by atoms with Crippen molar-refractivity contribution in [3.05, 3.63) is 64.7 Å². The molecule has 1 aromatic heterocycles. The van der Waals surface area contributed by atoms with Gasteiger partial charge in [-0.05, 0) is 35.6 Å². The molecule has 0 saturated carbocycles. The molecule has 1 aliphatic heterocycles. The maximum atomic E-state index is 12.9. The van der Waals surface area contributed by atoms with E-state index in [9.17, 15) is 14.4 Å². The third-order valence-corrected chi connectivity index (χ3v) is 6.48. The number of carbonyl (C=O) groups excluding carboxylic acids is 3. The molecule has 0 radical (unpaired) electrons. The number of nitrogens with one attached hydrogen (secondary N) is 1. The molecule has 158 valence electrons. The smallest absolute Gasteiger partial charge is 0.261 e. The van der Waals surface area contributed by atoms with Crippen LogP contribution in [0.4, 0.5) is 5.13 Å². The van der Waals surface area contributed by atoms with Crippen LogP contribution in [0.25, 0.3) is 0 Å². The lowest BCUT2D eigenvalue weighted by Gasteiger charge is -2.15. The van der Waals surface area contributed by atoms with Crippen molar-refractivity contribution in [3.63, 3.8) is 0 Å². The Labute approximate surface area is 186 Å². The van der Waals surface area contributed by atoms with Crippen LogP contribution in [0, 0.1) is 0 Å². The van der Waals surface area contributed by atoms with Crippen LogP contribution in [0.5, 0.6) is 5.75 Å². The molecular weight excluding hydrogens is 436 g/mol. The van der Waals surface area contributed by atoms with Crippen molar-refractivity contribution in [2.24, 2.45) is 0 Å². The van der Waals surface area contributed by atoms with Gasteiger partial charge in [0.25, 0.3) is 17.7 Å². The number of carbonyl (C=O) groups is 3. The van der Waals surface area contributed by atoms with Gasteiger partial charge >= 0.3 is 0 Å². The number of benzene rings is 2. The van der Waals surface area contributed by atoms with Gasteiger partial charge in [0.15, 0.2) is 4.34 Å². The van der Waals surface area contributed by atoms with Gasteiger partial charge in [0.1, 0.15) is 5.75 Å². The van der Waals surface area contributed by atoms with Crippen LogP contribution in [0.1, 0.15) is 43.6 Å². The fourth-order valence-corrected chi connectivity index (χ4v) is 4.85. The number of imide groups is 1. The summed E-state index contributed by atoms with van der Waals surface area (Å²) in [6, 6.07) is 11.7. The van der Waals surface area contributed by atoms with E-state index >= 15 is 0 Å². The second-order valence-electron chi connectivity index (χ2n) is 6.54. The molecule has 2 heterocycles. The van der Waals surface area contributed by atoms with Gasteiger partial charge in [-0.2, -0.15) is 0 Å². The third kappa shape index (κ3) is 4.17. The normalized spacial score (nSPS) is 12.8. The average Bonchev–Trinajstić information content (AvgIpc) is 3.32. The highest BCUT2D eigenvalue weighted by Crippen LogP contribution is 2.28. The van der Waals surface area contributed by atoms with E-state index in [-0.39, 0.29) is 23.9 Å². The van der Waals surface area contributed by atoms with Gasteiger partial charge in [-0.15, -0.1) is 10.2 Å². The van der Waals surface area contributed by atoms with Crippen molar-refractivity contribution in [3.8, 4) is 5.75 Å². The molecule has 3 aromatic rings. The summed E-state index contributed by atoms with van der Waals surface area (Å²) in [7, 11) is 1.47. The first kappa shape index (κ1) is 21.0. The molecule has 0 aliphatic carbocycles. The zero-order valence-corrected chi connectivity index (χ0v) is 18.4. The van der Waals surface area contributed by atoms with Crippen LogP contribution in [0.2, 0.25) is 0 Å². The van der Waals surface area contributed by atoms with Crippen molar-refractivity contribution in [2.45, 2.75) is 17.8 Å². The highest BCUT2D eigenvalue weighted by atomic mass is 32.2. The van der Waals surface area contributed by atoms with Gasteiger partial charge in [-0.1, -0.05) is 48.2 Å². The number of methoxy groups -OCH3 is 1. The van der Waals surface area contributed by atoms with Crippen LogP contribution in [-0.2, 0) is 6.54 Å². The van der Waals surface area contributed by atoms with E-state index in [0.717, 1.165) is 10.1 Å². The molecule has 0 unspecified atom stereocenters. The number of hydrogen-bond donors (Lipinski definition) is 1. The van der Waals surface area contributed by atoms with E-state index in [2.05, 4.69) is 15.5 Å². The van der Waals surface area contributed by atoms with Crippen molar-refractivity contribution in [2.75, 3.05) is 18.2 Å². The molecule has 1 aliphatic rings. The number of anilines is 1. The lowest BCUT2D eigenvalue weighted by molar-refractivity contribution is 0.0642. The Kier molecular flexibility index (Phi) is 6.01. The van der Waals surface area contributed by atoms with Crippen LogP contribution in [0.3, 0.4) is 0 Å². The first-order valence-corrected chi connectivity index (χ1v) is 11.2. The Morgan fingerprint density at radius 2 is 1.84 bits per heavy atom. The van der Waals surface area contributed by atoms with E-state index in [1.54, 1.807) is 54.2 Å². The third-order valence-electron chi connectivity index (χ3n) is 4.62. The summed E-state index contributed by atoms with van der Waals surface area (Å²) in [6.07, 6.45) is 0. The van der Waals surface area contributed by atoms with E-state index in [1.165, 1.54) is 23.3 Å². The lowest BCUT2D eigenvalue weighted by Crippen LogP contribution is -2.29. The minimum Gasteiger partial charge on any atom is -0.496 e. The molecular formula is C21H18N4O4S2. The SMILES string of the molecule is CCSc1nnc(NC(=O)c2cc(CN3C(=O)c4ccccc4C3=O)ccc2OC)s1. The number of hydrogen-bond acceptors (Lipinski definition) is 8. The summed E-state index contributed by atoms with van der Waals surface area (Å²) >= 11 is 2.83. The molecule has 4 rings (SSSR count). The van der Waals surface area contributed by atoms with Crippen LogP contribution in [0.15, 0.2) is 46.8 Å². The molecule has 0 spiro atoms. The molecule has 0 atom stereocenters. The Balaban J connectivity index is 1.55. The first-order chi connectivity index (χ1) is 15.0. The molecule has 2 aromatic carbocycles. The Bertz CT molecular complexity index is 1140. The Hall–Kier alpha value is -3.24. The summed E-state index contributed by atoms with van der Waals surface area (Å²) in [6.45, 7) is 2.06. The van der Waals surface area contributed by atoms with E-state index in [1.807, 2.05) is 6.92 Å². The topological polar surface area (TPSA) is 101 Å². The van der Waals surface area contributed by atoms with E-state index < -0.39 is 5.91 Å². The second-order valence-corrected chi connectivity index (χ2v) is 9.03. The predicted molar refractivity (Wildman–Crippen MR) is 118 cm³/mol. The van der Waals surface area contributed by atoms with Crippen LogP contribution < -0.4 is 10.1 Å².